The summed E-state index contributed by atoms with van der Waals surface area (Å²) in [5.41, 5.74) is 0.813. The van der Waals surface area contributed by atoms with Crippen LogP contribution in [0.5, 0.6) is 0 Å². The Labute approximate surface area is 71.4 Å². The minimum atomic E-state index is -0.432. The van der Waals surface area contributed by atoms with Crippen LogP contribution >= 0.6 is 0 Å². The summed E-state index contributed by atoms with van der Waals surface area (Å²) in [5.74, 6) is -1.24. The van der Waals surface area contributed by atoms with Crippen molar-refractivity contribution in [3.8, 4) is 0 Å². The maximum atomic E-state index is 11.0. The summed E-state index contributed by atoms with van der Waals surface area (Å²) >= 11 is 0. The first kappa shape index (κ1) is 8.97. The molecule has 1 atom stereocenters. The third-order valence-electron chi connectivity index (χ3n) is 1.93. The normalized spacial score (nSPS) is 22.6. The Morgan fingerprint density at radius 3 is 2.75 bits per heavy atom. The Kier molecular flexibility index (Phi) is 2.63. The Hall–Kier alpha value is -1.12. The van der Waals surface area contributed by atoms with Crippen molar-refractivity contribution in [1.82, 2.24) is 0 Å². The van der Waals surface area contributed by atoms with Gasteiger partial charge in [0.25, 0.3) is 0 Å². The molecule has 0 spiro atoms. The molecule has 0 aromatic rings. The van der Waals surface area contributed by atoms with Gasteiger partial charge in [-0.25, -0.2) is 0 Å². The fourth-order valence-electron chi connectivity index (χ4n) is 1.28. The monoisotopic (exact) mass is 168 g/mol. The van der Waals surface area contributed by atoms with Crippen LogP contribution in [0.15, 0.2) is 12.2 Å². The number of esters is 2. The molecule has 3 heteroatoms. The average molecular weight is 168 g/mol. The molecule has 1 heterocycles. The molecule has 12 heavy (non-hydrogen) atoms. The van der Waals surface area contributed by atoms with Crippen molar-refractivity contribution >= 4 is 11.9 Å². The molecule has 0 aromatic heterocycles. The summed E-state index contributed by atoms with van der Waals surface area (Å²) in [6.45, 7) is 5.77. The number of hydrogen-bond donors (Lipinski definition) is 0. The zero-order valence-corrected chi connectivity index (χ0v) is 7.13. The maximum Gasteiger partial charge on any atom is 0.321 e. The summed E-state index contributed by atoms with van der Waals surface area (Å²) in [7, 11) is 0. The first-order chi connectivity index (χ1) is 5.65. The van der Waals surface area contributed by atoms with Crippen molar-refractivity contribution in [2.45, 2.75) is 26.2 Å². The number of rotatable bonds is 3. The van der Waals surface area contributed by atoms with Crippen LogP contribution in [0.4, 0.5) is 0 Å². The van der Waals surface area contributed by atoms with Crippen LogP contribution in [0.3, 0.4) is 0 Å². The molecule has 0 bridgehead atoms. The molecule has 1 unspecified atom stereocenters. The quantitative estimate of drug-likeness (QED) is 0.364. The molecule has 0 N–H and O–H groups in total. The van der Waals surface area contributed by atoms with E-state index < -0.39 is 11.9 Å². The molecule has 1 aliphatic heterocycles. The zero-order chi connectivity index (χ0) is 9.14. The smallest absolute Gasteiger partial charge is 0.321 e. The van der Waals surface area contributed by atoms with E-state index >= 15 is 0 Å². The lowest BCUT2D eigenvalue weighted by molar-refractivity contribution is -0.152. The molecule has 3 nitrogen and oxygen atoms in total. The molecule has 0 aliphatic carbocycles. The number of cyclic esters (lactones) is 2. The predicted octanol–water partition coefficient (Wildman–Crippen LogP) is 1.43. The van der Waals surface area contributed by atoms with Crippen LogP contribution in [-0.4, -0.2) is 11.9 Å². The van der Waals surface area contributed by atoms with Gasteiger partial charge in [0.15, 0.2) is 0 Å². The van der Waals surface area contributed by atoms with Gasteiger partial charge in [-0.3, -0.25) is 9.59 Å². The zero-order valence-electron chi connectivity index (χ0n) is 7.13. The second kappa shape index (κ2) is 3.52. The molecule has 1 fully saturated rings. The highest BCUT2D eigenvalue weighted by atomic mass is 16.6. The predicted molar refractivity (Wildman–Crippen MR) is 43.3 cm³/mol. The largest absolute Gasteiger partial charge is 0.393 e. The average Bonchev–Trinajstić information content (AvgIpc) is 2.30. The van der Waals surface area contributed by atoms with E-state index in [0.29, 0.717) is 0 Å². The summed E-state index contributed by atoms with van der Waals surface area (Å²) in [5, 5.41) is 0. The minimum Gasteiger partial charge on any atom is -0.393 e. The Balaban J connectivity index is 2.58. The van der Waals surface area contributed by atoms with E-state index in [-0.39, 0.29) is 12.3 Å². The first-order valence-electron chi connectivity index (χ1n) is 4.07. The van der Waals surface area contributed by atoms with Gasteiger partial charge in [0, 0.05) is 0 Å². The van der Waals surface area contributed by atoms with E-state index in [9.17, 15) is 9.59 Å². The highest BCUT2D eigenvalue weighted by Gasteiger charge is 2.34. The number of carbonyl (C=O) groups is 2. The van der Waals surface area contributed by atoms with Gasteiger partial charge in [-0.1, -0.05) is 25.5 Å². The van der Waals surface area contributed by atoms with Crippen LogP contribution in [0.1, 0.15) is 26.2 Å². The topological polar surface area (TPSA) is 43.4 Å². The van der Waals surface area contributed by atoms with Crippen molar-refractivity contribution in [2.24, 2.45) is 5.92 Å². The lowest BCUT2D eigenvalue weighted by Gasteiger charge is -2.05. The van der Waals surface area contributed by atoms with Gasteiger partial charge in [0.2, 0.25) is 0 Å². The number of carbonyl (C=O) groups excluding carboxylic acids is 2. The van der Waals surface area contributed by atoms with E-state index in [4.69, 9.17) is 0 Å². The van der Waals surface area contributed by atoms with Gasteiger partial charge in [0.05, 0.1) is 12.3 Å². The molecule has 0 saturated carbocycles. The lowest BCUT2D eigenvalue weighted by atomic mass is 9.95. The van der Waals surface area contributed by atoms with Gasteiger partial charge in [-0.05, 0) is 6.42 Å². The summed E-state index contributed by atoms with van der Waals surface area (Å²) in [4.78, 5) is 21.7. The highest BCUT2D eigenvalue weighted by molar-refractivity contribution is 5.96. The molecule has 0 radical (unpaired) electrons. The second-order valence-corrected chi connectivity index (χ2v) is 2.96. The van der Waals surface area contributed by atoms with E-state index in [1.54, 1.807) is 0 Å². The highest BCUT2D eigenvalue weighted by Crippen LogP contribution is 2.25. The molecule has 0 amide bonds. The van der Waals surface area contributed by atoms with Gasteiger partial charge in [0.1, 0.15) is 0 Å². The Morgan fingerprint density at radius 2 is 2.33 bits per heavy atom. The minimum absolute atomic E-state index is 0.178. The third kappa shape index (κ3) is 1.72. The van der Waals surface area contributed by atoms with E-state index in [1.807, 2.05) is 6.92 Å². The summed E-state index contributed by atoms with van der Waals surface area (Å²) in [6, 6.07) is 0. The second-order valence-electron chi connectivity index (χ2n) is 2.96. The van der Waals surface area contributed by atoms with E-state index in [2.05, 4.69) is 11.3 Å². The molecule has 66 valence electrons. The van der Waals surface area contributed by atoms with E-state index in [0.717, 1.165) is 18.4 Å². The molecule has 1 aliphatic rings. The number of hydrogen-bond acceptors (Lipinski definition) is 3. The lowest BCUT2D eigenvalue weighted by Crippen LogP contribution is -2.09. The van der Waals surface area contributed by atoms with Crippen molar-refractivity contribution in [1.29, 1.82) is 0 Å². The molecular weight excluding hydrogens is 156 g/mol. The maximum absolute atomic E-state index is 11.0. The van der Waals surface area contributed by atoms with Gasteiger partial charge in [-0.15, -0.1) is 0 Å². The SMILES string of the molecule is C=C(CCC)C1CC(=O)OC1=O. The first-order valence-corrected chi connectivity index (χ1v) is 4.07. The van der Waals surface area contributed by atoms with Gasteiger partial charge >= 0.3 is 11.9 Å². The molecular formula is C9H12O3. The molecule has 1 rings (SSSR count). The third-order valence-corrected chi connectivity index (χ3v) is 1.93. The van der Waals surface area contributed by atoms with Crippen LogP contribution in [0.25, 0.3) is 0 Å². The van der Waals surface area contributed by atoms with Crippen molar-refractivity contribution in [3.63, 3.8) is 0 Å². The Bertz CT molecular complexity index is 230. The van der Waals surface area contributed by atoms with Crippen LogP contribution in [0, 0.1) is 5.92 Å². The van der Waals surface area contributed by atoms with Crippen molar-refractivity contribution < 1.29 is 14.3 Å². The van der Waals surface area contributed by atoms with E-state index in [1.165, 1.54) is 0 Å². The summed E-state index contributed by atoms with van der Waals surface area (Å²) < 4.78 is 4.40. The van der Waals surface area contributed by atoms with Crippen LogP contribution < -0.4 is 0 Å². The summed E-state index contributed by atoms with van der Waals surface area (Å²) in [6.07, 6.45) is 1.90. The number of ether oxygens (including phenoxy) is 1. The van der Waals surface area contributed by atoms with Crippen LogP contribution in [-0.2, 0) is 14.3 Å². The van der Waals surface area contributed by atoms with Gasteiger partial charge in [-0.2, -0.15) is 0 Å². The van der Waals surface area contributed by atoms with Gasteiger partial charge < -0.3 is 4.74 Å². The fraction of sp³-hybridized carbons (Fsp3) is 0.556. The Morgan fingerprint density at radius 1 is 1.67 bits per heavy atom. The van der Waals surface area contributed by atoms with Crippen molar-refractivity contribution in [2.75, 3.05) is 0 Å². The van der Waals surface area contributed by atoms with Crippen LogP contribution in [0.2, 0.25) is 0 Å². The fourth-order valence-corrected chi connectivity index (χ4v) is 1.28. The molecule has 0 aromatic carbocycles. The molecule has 1 saturated heterocycles. The van der Waals surface area contributed by atoms with Crippen molar-refractivity contribution in [3.05, 3.63) is 12.2 Å². The standard InChI is InChI=1S/C9H12O3/c1-3-4-6(2)7-5-8(10)12-9(7)11/h7H,2-5H2,1H3.